The zero-order valence-corrected chi connectivity index (χ0v) is 31.0. The SMILES string of the molecule is O=C(O)[C@@H]1C[C@@]2(CN1C(=O)OCC1c3ccccc3-c3ccccc31)CC2(F)F.O=C(O)[C@@H]1C[C@]2(CN1C(=O)OCC1c3ccccc3-c3ccccc31)CC2(F)F. The van der Waals surface area contributed by atoms with E-state index >= 15 is 0 Å². The maximum absolute atomic E-state index is 13.8. The molecule has 2 spiro atoms. The lowest BCUT2D eigenvalue weighted by Gasteiger charge is -2.22. The lowest BCUT2D eigenvalue weighted by Crippen LogP contribution is -2.41. The maximum atomic E-state index is 13.8. The van der Waals surface area contributed by atoms with Gasteiger partial charge in [0.05, 0.1) is 10.8 Å². The smallest absolute Gasteiger partial charge is 0.410 e. The number of ether oxygens (including phenoxy) is 2. The van der Waals surface area contributed by atoms with Crippen LogP contribution in [-0.2, 0) is 19.1 Å². The van der Waals surface area contributed by atoms with Crippen LogP contribution in [0, 0.1) is 10.8 Å². The summed E-state index contributed by atoms with van der Waals surface area (Å²) < 4.78 is 66.0. The molecule has 300 valence electrons. The summed E-state index contributed by atoms with van der Waals surface area (Å²) in [5.74, 6) is -8.74. The molecule has 0 aromatic heterocycles. The van der Waals surface area contributed by atoms with E-state index in [4.69, 9.17) is 9.47 Å². The molecule has 4 fully saturated rings. The number of carboxylic acid groups (broad SMARTS) is 2. The van der Waals surface area contributed by atoms with E-state index in [1.165, 1.54) is 0 Å². The standard InChI is InChI=1S/2C22H19F2NO4/c2*23-22(24)11-21(22)9-18(19(26)27)25(12-21)20(28)29-10-17-15-7-3-1-5-13(15)14-6-2-4-8-16(14)17/h2*1-8,17-18H,9-12H2,(H,26,27)/t18-,21+;18-,21-/m00/s1. The van der Waals surface area contributed by atoms with Crippen LogP contribution in [0.15, 0.2) is 97.1 Å². The third-order valence-electron chi connectivity index (χ3n) is 13.0. The maximum Gasteiger partial charge on any atom is 0.410 e. The Morgan fingerprint density at radius 1 is 0.534 bits per heavy atom. The highest BCUT2D eigenvalue weighted by atomic mass is 19.3. The van der Waals surface area contributed by atoms with Crippen LogP contribution in [0.1, 0.15) is 59.8 Å². The molecule has 4 aromatic carbocycles. The van der Waals surface area contributed by atoms with E-state index in [-0.39, 0.29) is 63.8 Å². The summed E-state index contributed by atoms with van der Waals surface area (Å²) in [6, 6.07) is 28.8. The zero-order chi connectivity index (χ0) is 40.8. The van der Waals surface area contributed by atoms with Gasteiger partial charge >= 0.3 is 24.1 Å². The monoisotopic (exact) mass is 798 g/mol. The number of carbonyl (C=O) groups is 4. The van der Waals surface area contributed by atoms with E-state index in [2.05, 4.69) is 0 Å². The summed E-state index contributed by atoms with van der Waals surface area (Å²) in [6.45, 7) is -0.514. The number of halogens is 4. The normalized spacial score (nSPS) is 26.3. The van der Waals surface area contributed by atoms with Gasteiger partial charge in [0.2, 0.25) is 0 Å². The molecule has 2 heterocycles. The molecule has 2 saturated carbocycles. The first-order valence-corrected chi connectivity index (χ1v) is 19.1. The molecule has 4 aliphatic carbocycles. The first kappa shape index (κ1) is 37.6. The summed E-state index contributed by atoms with van der Waals surface area (Å²) in [6.07, 6.45) is -2.93. The fraction of sp³-hybridized carbons (Fsp3) is 0.364. The van der Waals surface area contributed by atoms with Gasteiger partial charge in [-0.05, 0) is 57.3 Å². The van der Waals surface area contributed by atoms with E-state index in [0.29, 0.717) is 0 Å². The number of carboxylic acids is 2. The predicted molar refractivity (Wildman–Crippen MR) is 200 cm³/mol. The Kier molecular flexibility index (Phi) is 8.64. The number of amides is 2. The van der Waals surface area contributed by atoms with Crippen molar-refractivity contribution in [1.82, 2.24) is 9.80 Å². The molecule has 2 saturated heterocycles. The van der Waals surface area contributed by atoms with Crippen molar-refractivity contribution in [3.63, 3.8) is 0 Å². The molecule has 0 unspecified atom stereocenters. The third kappa shape index (κ3) is 5.98. The quantitative estimate of drug-likeness (QED) is 0.187. The van der Waals surface area contributed by atoms with Crippen molar-refractivity contribution in [2.24, 2.45) is 10.8 Å². The molecule has 6 aliphatic rings. The molecule has 4 aromatic rings. The minimum atomic E-state index is -2.92. The molecule has 2 amide bonds. The predicted octanol–water partition coefficient (Wildman–Crippen LogP) is 8.24. The molecular weight excluding hydrogens is 760 g/mol. The molecule has 4 atom stereocenters. The molecule has 2 aliphatic heterocycles. The number of carbonyl (C=O) groups excluding carboxylic acids is 2. The summed E-state index contributed by atoms with van der Waals surface area (Å²) in [5.41, 5.74) is 5.59. The average Bonchev–Trinajstić information content (AvgIpc) is 3.59. The number of benzene rings is 4. The third-order valence-corrected chi connectivity index (χ3v) is 13.0. The lowest BCUT2D eigenvalue weighted by atomic mass is 9.98. The van der Waals surface area contributed by atoms with Crippen LogP contribution >= 0.6 is 0 Å². The largest absolute Gasteiger partial charge is 0.480 e. The van der Waals surface area contributed by atoms with Crippen LogP contribution in [0.4, 0.5) is 27.2 Å². The summed E-state index contributed by atoms with van der Waals surface area (Å²) in [7, 11) is 0. The van der Waals surface area contributed by atoms with Crippen molar-refractivity contribution >= 4 is 24.1 Å². The van der Waals surface area contributed by atoms with Crippen molar-refractivity contribution < 1.29 is 56.4 Å². The van der Waals surface area contributed by atoms with Crippen LogP contribution in [0.25, 0.3) is 22.3 Å². The number of rotatable bonds is 6. The second-order valence-electron chi connectivity index (χ2n) is 16.3. The van der Waals surface area contributed by atoms with E-state index < -0.39 is 58.9 Å². The van der Waals surface area contributed by atoms with Gasteiger partial charge in [-0.2, -0.15) is 0 Å². The molecule has 58 heavy (non-hydrogen) atoms. The average molecular weight is 799 g/mol. The van der Waals surface area contributed by atoms with Gasteiger partial charge in [0.25, 0.3) is 11.8 Å². The first-order chi connectivity index (χ1) is 27.7. The number of hydrogen-bond acceptors (Lipinski definition) is 6. The van der Waals surface area contributed by atoms with E-state index in [1.807, 2.05) is 97.1 Å². The van der Waals surface area contributed by atoms with E-state index in [1.54, 1.807) is 0 Å². The fourth-order valence-electron chi connectivity index (χ4n) is 9.69. The van der Waals surface area contributed by atoms with Gasteiger partial charge in [-0.15, -0.1) is 0 Å². The van der Waals surface area contributed by atoms with Crippen LogP contribution in [0.3, 0.4) is 0 Å². The van der Waals surface area contributed by atoms with Crippen molar-refractivity contribution in [3.8, 4) is 22.3 Å². The van der Waals surface area contributed by atoms with Gasteiger partial charge in [0, 0.05) is 37.8 Å². The van der Waals surface area contributed by atoms with Crippen LogP contribution in [0.2, 0.25) is 0 Å². The van der Waals surface area contributed by atoms with Gasteiger partial charge in [-0.3, -0.25) is 9.80 Å². The van der Waals surface area contributed by atoms with E-state index in [0.717, 1.165) is 54.3 Å². The highest BCUT2D eigenvalue weighted by Gasteiger charge is 2.76. The van der Waals surface area contributed by atoms with Crippen molar-refractivity contribution in [1.29, 1.82) is 0 Å². The first-order valence-electron chi connectivity index (χ1n) is 19.1. The number of likely N-dealkylation sites (tertiary alicyclic amines) is 2. The molecule has 0 bridgehead atoms. The van der Waals surface area contributed by atoms with Gasteiger partial charge in [-0.25, -0.2) is 36.7 Å². The van der Waals surface area contributed by atoms with Crippen molar-refractivity contribution in [2.45, 2.75) is 61.4 Å². The Bertz CT molecular complexity index is 2120. The number of alkyl halides is 4. The molecule has 10 nitrogen and oxygen atoms in total. The van der Waals surface area contributed by atoms with Crippen molar-refractivity contribution in [3.05, 3.63) is 119 Å². The Balaban J connectivity index is 0.000000150. The number of nitrogens with zero attached hydrogens (tertiary/aromatic N) is 2. The Hall–Kier alpha value is -5.92. The fourth-order valence-corrected chi connectivity index (χ4v) is 9.69. The Morgan fingerprint density at radius 3 is 1.07 bits per heavy atom. The Labute approximate surface area is 330 Å². The minimum Gasteiger partial charge on any atom is -0.480 e. The summed E-state index contributed by atoms with van der Waals surface area (Å²) in [4.78, 5) is 50.3. The van der Waals surface area contributed by atoms with Gasteiger partial charge in [-0.1, -0.05) is 97.1 Å². The van der Waals surface area contributed by atoms with Crippen LogP contribution < -0.4 is 0 Å². The number of hydrogen-bond donors (Lipinski definition) is 2. The van der Waals surface area contributed by atoms with Crippen molar-refractivity contribution in [2.75, 3.05) is 26.3 Å². The highest BCUT2D eigenvalue weighted by Crippen LogP contribution is 2.67. The zero-order valence-electron chi connectivity index (χ0n) is 31.0. The van der Waals surface area contributed by atoms with E-state index in [9.17, 15) is 47.0 Å². The minimum absolute atomic E-state index is 0.0269. The molecule has 10 rings (SSSR count). The van der Waals surface area contributed by atoms with Gasteiger partial charge < -0.3 is 19.7 Å². The van der Waals surface area contributed by atoms with Gasteiger partial charge in [0.1, 0.15) is 25.3 Å². The molecule has 0 radical (unpaired) electrons. The number of fused-ring (bicyclic) bond motifs is 6. The van der Waals surface area contributed by atoms with Crippen LogP contribution in [-0.4, -0.2) is 94.4 Å². The topological polar surface area (TPSA) is 134 Å². The van der Waals surface area contributed by atoms with Crippen LogP contribution in [0.5, 0.6) is 0 Å². The number of aliphatic carboxylic acids is 2. The highest BCUT2D eigenvalue weighted by molar-refractivity contribution is 5.83. The van der Waals surface area contributed by atoms with Gasteiger partial charge in [0.15, 0.2) is 0 Å². The lowest BCUT2D eigenvalue weighted by molar-refractivity contribution is -0.142. The summed E-state index contributed by atoms with van der Waals surface area (Å²) in [5, 5.41) is 18.8. The molecule has 2 N–H and O–H groups in total. The summed E-state index contributed by atoms with van der Waals surface area (Å²) >= 11 is 0. The molecule has 14 heteroatoms. The molecular formula is C44H38F4N2O8. The second-order valence-corrected chi connectivity index (χ2v) is 16.3. The Morgan fingerprint density at radius 2 is 0.810 bits per heavy atom. The second kappa shape index (κ2) is 13.3.